The lowest BCUT2D eigenvalue weighted by Crippen LogP contribution is -2.48. The number of nitrogens with one attached hydrogen (secondary N) is 1. The van der Waals surface area contributed by atoms with Crippen molar-refractivity contribution in [1.29, 1.82) is 0 Å². The summed E-state index contributed by atoms with van der Waals surface area (Å²) < 4.78 is 29.1. The predicted octanol–water partition coefficient (Wildman–Crippen LogP) is 3.17. The Kier molecular flexibility index (Phi) is 9.10. The van der Waals surface area contributed by atoms with E-state index in [-0.39, 0.29) is 34.3 Å². The third-order valence-electron chi connectivity index (χ3n) is 4.78. The van der Waals surface area contributed by atoms with Gasteiger partial charge in [0.1, 0.15) is 10.3 Å². The number of benzene rings is 1. The second-order valence-electron chi connectivity index (χ2n) is 7.10. The fourth-order valence-electron chi connectivity index (χ4n) is 3.39. The molecule has 1 unspecified atom stereocenters. The highest BCUT2D eigenvalue weighted by Crippen LogP contribution is 2.26. The summed E-state index contributed by atoms with van der Waals surface area (Å²) in [5.41, 5.74) is 3.67. The van der Waals surface area contributed by atoms with Crippen molar-refractivity contribution in [1.82, 2.24) is 10.2 Å². The van der Waals surface area contributed by atoms with Crippen molar-refractivity contribution < 1.29 is 13.2 Å². The molecule has 0 radical (unpaired) electrons. The molecule has 1 aliphatic rings. The van der Waals surface area contributed by atoms with Crippen LogP contribution in [0.15, 0.2) is 39.5 Å². The zero-order chi connectivity index (χ0) is 21.0. The van der Waals surface area contributed by atoms with E-state index in [0.717, 1.165) is 35.3 Å². The number of nitrogens with two attached hydrogens (primary N) is 1. The number of ether oxygens (including phenoxy) is 1. The van der Waals surface area contributed by atoms with Gasteiger partial charge in [-0.25, -0.2) is 18.5 Å². The summed E-state index contributed by atoms with van der Waals surface area (Å²) in [5, 5.41) is 8.53. The van der Waals surface area contributed by atoms with Gasteiger partial charge in [-0.3, -0.25) is 0 Å². The number of halogens is 1. The first-order valence-corrected chi connectivity index (χ1v) is 12.0. The summed E-state index contributed by atoms with van der Waals surface area (Å²) in [5.74, 6) is 0.802. The van der Waals surface area contributed by atoms with E-state index >= 15 is 0 Å². The molecule has 1 aliphatic heterocycles. The molecule has 7 nitrogen and oxygen atoms in total. The van der Waals surface area contributed by atoms with Gasteiger partial charge in [0.15, 0.2) is 5.96 Å². The molecule has 2 aromatic rings. The molecule has 0 saturated carbocycles. The Morgan fingerprint density at radius 1 is 1.33 bits per heavy atom. The summed E-state index contributed by atoms with van der Waals surface area (Å²) >= 11 is 1.16. The van der Waals surface area contributed by atoms with Crippen molar-refractivity contribution in [2.75, 3.05) is 26.2 Å². The lowest BCUT2D eigenvalue weighted by atomic mass is 10.00. The Hall–Kier alpha value is -1.21. The molecule has 2 heterocycles. The van der Waals surface area contributed by atoms with Gasteiger partial charge in [0.05, 0.1) is 19.7 Å². The van der Waals surface area contributed by atoms with Crippen LogP contribution in [-0.2, 0) is 21.3 Å². The number of aryl methyl sites for hydroxylation is 2. The number of hydrogen-bond donors (Lipinski definition) is 2. The van der Waals surface area contributed by atoms with Crippen molar-refractivity contribution in [3.63, 3.8) is 0 Å². The SMILES string of the molecule is CCNC(=NCc1ccc(S(N)(=O)=O)s1)N1CCOC(c2ccc(C)cc2C)C1.I. The summed E-state index contributed by atoms with van der Waals surface area (Å²) in [7, 11) is -3.67. The largest absolute Gasteiger partial charge is 0.370 e. The molecular weight excluding hydrogens is 535 g/mol. The van der Waals surface area contributed by atoms with Crippen LogP contribution < -0.4 is 10.5 Å². The van der Waals surface area contributed by atoms with Gasteiger partial charge >= 0.3 is 0 Å². The van der Waals surface area contributed by atoms with Gasteiger partial charge in [-0.1, -0.05) is 23.8 Å². The van der Waals surface area contributed by atoms with Gasteiger partial charge in [0, 0.05) is 18.0 Å². The van der Waals surface area contributed by atoms with Crippen molar-refractivity contribution in [2.45, 2.75) is 37.6 Å². The van der Waals surface area contributed by atoms with Crippen molar-refractivity contribution in [3.05, 3.63) is 51.9 Å². The predicted molar refractivity (Wildman–Crippen MR) is 132 cm³/mol. The standard InChI is InChI=1S/C20H28N4O3S2.HI/c1-4-22-20(23-12-16-6-8-19(28-16)29(21,25)26)24-9-10-27-18(13-24)17-7-5-14(2)11-15(17)3;/h5-8,11,18H,4,9-10,12-13H2,1-3H3,(H,22,23)(H2,21,25,26);1H. The summed E-state index contributed by atoms with van der Waals surface area (Å²) in [6, 6.07) is 9.72. The first-order chi connectivity index (χ1) is 13.8. The monoisotopic (exact) mass is 564 g/mol. The van der Waals surface area contributed by atoms with Crippen LogP contribution in [0.3, 0.4) is 0 Å². The lowest BCUT2D eigenvalue weighted by Gasteiger charge is -2.36. The van der Waals surface area contributed by atoms with E-state index in [1.165, 1.54) is 22.8 Å². The van der Waals surface area contributed by atoms with E-state index < -0.39 is 10.0 Å². The maximum atomic E-state index is 11.5. The van der Waals surface area contributed by atoms with Gasteiger partial charge in [0.2, 0.25) is 10.0 Å². The number of thiophene rings is 1. The smallest absolute Gasteiger partial charge is 0.247 e. The first-order valence-electron chi connectivity index (χ1n) is 9.61. The molecule has 0 aliphatic carbocycles. The maximum Gasteiger partial charge on any atom is 0.247 e. The summed E-state index contributed by atoms with van der Waals surface area (Å²) in [6.07, 6.45) is -0.0103. The minimum atomic E-state index is -3.67. The Balaban J connectivity index is 0.00000320. The fraction of sp³-hybridized carbons (Fsp3) is 0.450. The van der Waals surface area contributed by atoms with Gasteiger partial charge < -0.3 is 15.0 Å². The van der Waals surface area contributed by atoms with Gasteiger partial charge in [-0.2, -0.15) is 0 Å². The van der Waals surface area contributed by atoms with E-state index in [1.54, 1.807) is 6.07 Å². The van der Waals surface area contributed by atoms with Crippen LogP contribution in [0.5, 0.6) is 0 Å². The number of guanidine groups is 1. The zero-order valence-electron chi connectivity index (χ0n) is 17.4. The van der Waals surface area contributed by atoms with Crippen molar-refractivity contribution in [3.8, 4) is 0 Å². The van der Waals surface area contributed by atoms with E-state index in [9.17, 15) is 8.42 Å². The zero-order valence-corrected chi connectivity index (χ0v) is 21.4. The molecule has 1 atom stereocenters. The number of rotatable bonds is 5. The third kappa shape index (κ3) is 6.39. The molecule has 0 bridgehead atoms. The second kappa shape index (κ2) is 10.9. The summed E-state index contributed by atoms with van der Waals surface area (Å²) in [4.78, 5) is 7.77. The fourth-order valence-corrected chi connectivity index (χ4v) is 5.09. The van der Waals surface area contributed by atoms with Crippen LogP contribution in [0.4, 0.5) is 0 Å². The first kappa shape index (κ1) is 25.1. The third-order valence-corrected chi connectivity index (χ3v) is 7.28. The maximum absolute atomic E-state index is 11.5. The average molecular weight is 565 g/mol. The molecule has 166 valence electrons. The van der Waals surface area contributed by atoms with E-state index in [2.05, 4.69) is 42.3 Å². The van der Waals surface area contributed by atoms with Crippen LogP contribution in [0.1, 0.15) is 34.6 Å². The van der Waals surface area contributed by atoms with Crippen molar-refractivity contribution >= 4 is 51.3 Å². The van der Waals surface area contributed by atoms with Gasteiger partial charge in [-0.15, -0.1) is 35.3 Å². The highest BCUT2D eigenvalue weighted by atomic mass is 127. The Labute approximate surface area is 199 Å². The molecule has 1 saturated heterocycles. The van der Waals surface area contributed by atoms with E-state index in [0.29, 0.717) is 19.7 Å². The Bertz CT molecular complexity index is 992. The van der Waals surface area contributed by atoms with Gasteiger partial charge in [0.25, 0.3) is 0 Å². The molecule has 10 heteroatoms. The van der Waals surface area contributed by atoms with Crippen LogP contribution in [-0.4, -0.2) is 45.5 Å². The number of primary sulfonamides is 1. The minimum Gasteiger partial charge on any atom is -0.370 e. The topological polar surface area (TPSA) is 97.0 Å². The van der Waals surface area contributed by atoms with Gasteiger partial charge in [-0.05, 0) is 44.0 Å². The molecule has 1 fully saturated rings. The molecule has 30 heavy (non-hydrogen) atoms. The summed E-state index contributed by atoms with van der Waals surface area (Å²) in [6.45, 7) is 9.46. The molecule has 0 spiro atoms. The Morgan fingerprint density at radius 3 is 2.73 bits per heavy atom. The van der Waals surface area contributed by atoms with E-state index in [4.69, 9.17) is 14.9 Å². The minimum absolute atomic E-state index is 0. The van der Waals surface area contributed by atoms with E-state index in [1.807, 2.05) is 6.92 Å². The van der Waals surface area contributed by atoms with Crippen LogP contribution >= 0.6 is 35.3 Å². The molecule has 1 aromatic carbocycles. The normalized spacial score (nSPS) is 17.5. The quantitative estimate of drug-likeness (QED) is 0.331. The Morgan fingerprint density at radius 2 is 2.10 bits per heavy atom. The number of morpholine rings is 1. The molecule has 3 rings (SSSR count). The van der Waals surface area contributed by atoms with Crippen molar-refractivity contribution in [2.24, 2.45) is 10.1 Å². The number of sulfonamides is 1. The molecular formula is C20H29IN4O3S2. The number of hydrogen-bond acceptors (Lipinski definition) is 5. The molecule has 1 aromatic heterocycles. The van der Waals surface area contributed by atoms with Crippen LogP contribution in [0, 0.1) is 13.8 Å². The molecule has 0 amide bonds. The van der Waals surface area contributed by atoms with Crippen LogP contribution in [0.25, 0.3) is 0 Å². The second-order valence-corrected chi connectivity index (χ2v) is 10.1. The highest BCUT2D eigenvalue weighted by molar-refractivity contribution is 14.0. The number of nitrogens with zero attached hydrogens (tertiary/aromatic N) is 2. The molecule has 3 N–H and O–H groups in total. The van der Waals surface area contributed by atoms with Crippen LogP contribution in [0.2, 0.25) is 0 Å². The number of aliphatic imine (C=N–C) groups is 1. The highest BCUT2D eigenvalue weighted by Gasteiger charge is 2.25. The lowest BCUT2D eigenvalue weighted by molar-refractivity contribution is -0.00834. The average Bonchev–Trinajstić information content (AvgIpc) is 3.15.